The van der Waals surface area contributed by atoms with Crippen molar-refractivity contribution < 1.29 is 14.6 Å². The van der Waals surface area contributed by atoms with Crippen molar-refractivity contribution in [1.29, 1.82) is 0 Å². The minimum absolute atomic E-state index is 0.159. The average molecular weight is 248 g/mol. The Morgan fingerprint density at radius 2 is 1.89 bits per heavy atom. The number of rotatable bonds is 4. The van der Waals surface area contributed by atoms with Gasteiger partial charge in [-0.05, 0) is 43.9 Å². The van der Waals surface area contributed by atoms with Gasteiger partial charge in [0.1, 0.15) is 0 Å². The minimum Gasteiger partial charge on any atom is -0.481 e. The topological polar surface area (TPSA) is 46.5 Å². The Morgan fingerprint density at radius 1 is 1.33 bits per heavy atom. The summed E-state index contributed by atoms with van der Waals surface area (Å²) in [6, 6.07) is 4.29. The Bertz CT molecular complexity index is 450. The zero-order valence-electron chi connectivity index (χ0n) is 11.2. The molecule has 98 valence electrons. The minimum atomic E-state index is -0.757. The van der Waals surface area contributed by atoms with E-state index < -0.39 is 5.97 Å². The predicted molar refractivity (Wildman–Crippen MR) is 69.8 cm³/mol. The molecule has 1 heterocycles. The summed E-state index contributed by atoms with van der Waals surface area (Å²) in [5.41, 5.74) is 4.48. The number of carboxylic acid groups (broad SMARTS) is 1. The summed E-state index contributed by atoms with van der Waals surface area (Å²) in [7, 11) is 0. The molecule has 3 nitrogen and oxygen atoms in total. The Hall–Kier alpha value is -1.35. The molecule has 18 heavy (non-hydrogen) atoms. The van der Waals surface area contributed by atoms with Gasteiger partial charge in [-0.3, -0.25) is 4.79 Å². The van der Waals surface area contributed by atoms with E-state index in [4.69, 9.17) is 9.84 Å². The van der Waals surface area contributed by atoms with E-state index in [2.05, 4.69) is 32.9 Å². The van der Waals surface area contributed by atoms with Crippen molar-refractivity contribution in [1.82, 2.24) is 0 Å². The molecule has 0 radical (unpaired) electrons. The highest BCUT2D eigenvalue weighted by Crippen LogP contribution is 2.44. The summed E-state index contributed by atoms with van der Waals surface area (Å²) in [5.74, 6) is -0.757. The maximum atomic E-state index is 10.8. The molecule has 1 aromatic carbocycles. The summed E-state index contributed by atoms with van der Waals surface area (Å²) in [5, 5.41) is 8.87. The van der Waals surface area contributed by atoms with Crippen molar-refractivity contribution in [2.75, 3.05) is 6.61 Å². The SMILES string of the molecule is Cc1cc(C)c(C2(CCC(=O)O)CCO2)c(C)c1. The standard InChI is InChI=1S/C15H20O3/c1-10-8-11(2)14(12(3)9-10)15(6-7-18-15)5-4-13(16)17/h8-9H,4-7H2,1-3H3,(H,16,17). The number of carbonyl (C=O) groups is 1. The largest absolute Gasteiger partial charge is 0.481 e. The van der Waals surface area contributed by atoms with Crippen molar-refractivity contribution in [2.45, 2.75) is 45.6 Å². The smallest absolute Gasteiger partial charge is 0.303 e. The van der Waals surface area contributed by atoms with Crippen molar-refractivity contribution in [3.05, 3.63) is 34.4 Å². The van der Waals surface area contributed by atoms with E-state index in [1.54, 1.807) is 0 Å². The lowest BCUT2D eigenvalue weighted by Crippen LogP contribution is -2.42. The van der Waals surface area contributed by atoms with Crippen LogP contribution in [0.3, 0.4) is 0 Å². The summed E-state index contributed by atoms with van der Waals surface area (Å²) >= 11 is 0. The van der Waals surface area contributed by atoms with Gasteiger partial charge in [0.25, 0.3) is 0 Å². The van der Waals surface area contributed by atoms with Crippen LogP contribution in [0.25, 0.3) is 0 Å². The molecule has 0 aromatic heterocycles. The van der Waals surface area contributed by atoms with E-state index in [0.717, 1.165) is 13.0 Å². The molecule has 1 aliphatic rings. The van der Waals surface area contributed by atoms with E-state index in [9.17, 15) is 4.79 Å². The number of hydrogen-bond donors (Lipinski definition) is 1. The molecule has 0 amide bonds. The predicted octanol–water partition coefficient (Wildman–Crippen LogP) is 3.09. The van der Waals surface area contributed by atoms with E-state index in [0.29, 0.717) is 6.42 Å². The zero-order valence-corrected chi connectivity index (χ0v) is 11.2. The van der Waals surface area contributed by atoms with E-state index in [-0.39, 0.29) is 12.0 Å². The number of hydrogen-bond acceptors (Lipinski definition) is 2. The molecule has 0 bridgehead atoms. The maximum Gasteiger partial charge on any atom is 0.303 e. The first-order valence-corrected chi connectivity index (χ1v) is 6.39. The fraction of sp³-hybridized carbons (Fsp3) is 0.533. The van der Waals surface area contributed by atoms with Gasteiger partial charge < -0.3 is 9.84 Å². The van der Waals surface area contributed by atoms with Crippen molar-refractivity contribution in [3.63, 3.8) is 0 Å². The monoisotopic (exact) mass is 248 g/mol. The first-order valence-electron chi connectivity index (χ1n) is 6.39. The number of aliphatic carboxylic acids is 1. The molecule has 1 fully saturated rings. The lowest BCUT2D eigenvalue weighted by Gasteiger charge is -2.44. The van der Waals surface area contributed by atoms with Crippen LogP contribution in [0.4, 0.5) is 0 Å². The van der Waals surface area contributed by atoms with Crippen LogP contribution >= 0.6 is 0 Å². The zero-order chi connectivity index (χ0) is 13.3. The second-order valence-electron chi connectivity index (χ2n) is 5.26. The molecular formula is C15H20O3. The Kier molecular flexibility index (Phi) is 3.44. The second kappa shape index (κ2) is 4.73. The summed E-state index contributed by atoms with van der Waals surface area (Å²) in [6.45, 7) is 6.97. The first-order chi connectivity index (χ1) is 8.44. The third-order valence-corrected chi connectivity index (χ3v) is 3.76. The molecule has 1 aromatic rings. The Labute approximate surface area is 108 Å². The van der Waals surface area contributed by atoms with Crippen LogP contribution in [0.1, 0.15) is 41.5 Å². The third-order valence-electron chi connectivity index (χ3n) is 3.76. The van der Waals surface area contributed by atoms with Gasteiger partial charge in [-0.25, -0.2) is 0 Å². The van der Waals surface area contributed by atoms with Crippen LogP contribution in [-0.4, -0.2) is 17.7 Å². The van der Waals surface area contributed by atoms with Gasteiger partial charge in [-0.15, -0.1) is 0 Å². The summed E-state index contributed by atoms with van der Waals surface area (Å²) in [6.07, 6.45) is 1.64. The number of aryl methyl sites for hydroxylation is 3. The molecular weight excluding hydrogens is 228 g/mol. The highest BCUT2D eigenvalue weighted by atomic mass is 16.5. The van der Waals surface area contributed by atoms with E-state index in [1.807, 2.05) is 0 Å². The van der Waals surface area contributed by atoms with Gasteiger partial charge in [0, 0.05) is 12.8 Å². The maximum absolute atomic E-state index is 10.8. The highest BCUT2D eigenvalue weighted by molar-refractivity contribution is 5.67. The van der Waals surface area contributed by atoms with E-state index in [1.165, 1.54) is 22.3 Å². The quantitative estimate of drug-likeness (QED) is 0.890. The van der Waals surface area contributed by atoms with Crippen molar-refractivity contribution in [3.8, 4) is 0 Å². The fourth-order valence-corrected chi connectivity index (χ4v) is 3.08. The number of benzene rings is 1. The normalized spacial score (nSPS) is 22.6. The van der Waals surface area contributed by atoms with Gasteiger partial charge >= 0.3 is 5.97 Å². The first kappa shape index (κ1) is 13.1. The second-order valence-corrected chi connectivity index (χ2v) is 5.26. The molecule has 0 aliphatic carbocycles. The Balaban J connectivity index is 2.35. The molecule has 0 spiro atoms. The third kappa shape index (κ3) is 2.27. The van der Waals surface area contributed by atoms with Gasteiger partial charge in [0.15, 0.2) is 0 Å². The molecule has 1 unspecified atom stereocenters. The van der Waals surface area contributed by atoms with Gasteiger partial charge in [-0.2, -0.15) is 0 Å². The van der Waals surface area contributed by atoms with Gasteiger partial charge in [0.2, 0.25) is 0 Å². The lowest BCUT2D eigenvalue weighted by molar-refractivity contribution is -0.166. The van der Waals surface area contributed by atoms with Crippen LogP contribution in [-0.2, 0) is 15.1 Å². The molecule has 0 saturated carbocycles. The van der Waals surface area contributed by atoms with Crippen LogP contribution < -0.4 is 0 Å². The average Bonchev–Trinajstić information content (AvgIpc) is 2.18. The Morgan fingerprint density at radius 3 is 2.28 bits per heavy atom. The molecule has 1 atom stereocenters. The molecule has 3 heteroatoms. The molecule has 1 aliphatic heterocycles. The molecule has 2 rings (SSSR count). The van der Waals surface area contributed by atoms with Crippen LogP contribution in [0, 0.1) is 20.8 Å². The van der Waals surface area contributed by atoms with Crippen molar-refractivity contribution in [2.24, 2.45) is 0 Å². The number of ether oxygens (including phenoxy) is 1. The summed E-state index contributed by atoms with van der Waals surface area (Å²) in [4.78, 5) is 10.8. The number of carboxylic acids is 1. The van der Waals surface area contributed by atoms with E-state index >= 15 is 0 Å². The fourth-order valence-electron chi connectivity index (χ4n) is 3.08. The van der Waals surface area contributed by atoms with Crippen LogP contribution in [0.5, 0.6) is 0 Å². The lowest BCUT2D eigenvalue weighted by atomic mass is 9.77. The molecule has 1 saturated heterocycles. The van der Waals surface area contributed by atoms with Crippen LogP contribution in [0.2, 0.25) is 0 Å². The van der Waals surface area contributed by atoms with Crippen molar-refractivity contribution >= 4 is 5.97 Å². The van der Waals surface area contributed by atoms with Crippen LogP contribution in [0.15, 0.2) is 12.1 Å². The van der Waals surface area contributed by atoms with Gasteiger partial charge in [0.05, 0.1) is 12.2 Å². The summed E-state index contributed by atoms with van der Waals surface area (Å²) < 4.78 is 5.79. The highest BCUT2D eigenvalue weighted by Gasteiger charge is 2.42. The molecule has 1 N–H and O–H groups in total. The van der Waals surface area contributed by atoms with Gasteiger partial charge in [-0.1, -0.05) is 17.7 Å².